The molecule has 0 nitrogen and oxygen atoms in total. The van der Waals surface area contributed by atoms with E-state index in [1.165, 1.54) is 100 Å². The van der Waals surface area contributed by atoms with Gasteiger partial charge >= 0.3 is 0 Å². The van der Waals surface area contributed by atoms with E-state index >= 15 is 0 Å². The van der Waals surface area contributed by atoms with E-state index in [1.54, 1.807) is 39.0 Å². The Morgan fingerprint density at radius 1 is 0.565 bits per heavy atom. The first kappa shape index (κ1) is 27.7. The molecule has 0 heteroatoms. The Hall–Kier alpha value is -3.38. The molecular formula is C46H48. The maximum absolute atomic E-state index is 2.81. The van der Waals surface area contributed by atoms with Crippen LogP contribution < -0.4 is 0 Å². The van der Waals surface area contributed by atoms with Gasteiger partial charge in [-0.25, -0.2) is 0 Å². The van der Waals surface area contributed by atoms with E-state index in [2.05, 4.69) is 91.1 Å². The predicted molar refractivity (Wildman–Crippen MR) is 192 cm³/mol. The van der Waals surface area contributed by atoms with E-state index in [0.717, 1.165) is 23.7 Å². The minimum atomic E-state index is 0.654. The quantitative estimate of drug-likeness (QED) is 0.257. The van der Waals surface area contributed by atoms with Crippen LogP contribution in [-0.4, -0.2) is 0 Å². The van der Waals surface area contributed by atoms with Crippen molar-refractivity contribution < 1.29 is 0 Å². The smallest absolute Gasteiger partial charge is 0.00926 e. The molecule has 0 spiro atoms. The Kier molecular flexibility index (Phi) is 6.69. The number of benzene rings is 3. The van der Waals surface area contributed by atoms with Crippen LogP contribution in [-0.2, 0) is 38.5 Å². The molecule has 0 aliphatic heterocycles. The van der Waals surface area contributed by atoms with Gasteiger partial charge in [0.1, 0.15) is 0 Å². The maximum atomic E-state index is 2.81. The fourth-order valence-corrected chi connectivity index (χ4v) is 11.6. The Balaban J connectivity index is 0.936. The summed E-state index contributed by atoms with van der Waals surface area (Å²) in [5.41, 5.74) is 17.9. The number of hydrogen-bond acceptors (Lipinski definition) is 0. The second kappa shape index (κ2) is 11.1. The molecule has 3 aromatic carbocycles. The summed E-state index contributed by atoms with van der Waals surface area (Å²) in [6.07, 6.45) is 32.5. The highest BCUT2D eigenvalue weighted by Crippen LogP contribution is 2.57. The van der Waals surface area contributed by atoms with Crippen LogP contribution in [0.1, 0.15) is 83.9 Å². The first-order valence-corrected chi connectivity index (χ1v) is 18.9. The van der Waals surface area contributed by atoms with Crippen LogP contribution in [0.4, 0.5) is 0 Å². The van der Waals surface area contributed by atoms with Crippen LogP contribution in [0.5, 0.6) is 0 Å². The minimum absolute atomic E-state index is 0.654. The van der Waals surface area contributed by atoms with Crippen LogP contribution >= 0.6 is 0 Å². The molecule has 7 atom stereocenters. The van der Waals surface area contributed by atoms with Crippen molar-refractivity contribution in [1.82, 2.24) is 0 Å². The summed E-state index contributed by atoms with van der Waals surface area (Å²) < 4.78 is 0. The third kappa shape index (κ3) is 4.46. The molecule has 10 rings (SSSR count). The van der Waals surface area contributed by atoms with Gasteiger partial charge in [-0.1, -0.05) is 96.6 Å². The fraction of sp³-hybridized carbons (Fsp3) is 0.435. The largest absolute Gasteiger partial charge is 0.0844 e. The molecule has 0 radical (unpaired) electrons. The van der Waals surface area contributed by atoms with E-state index in [0.29, 0.717) is 17.8 Å². The van der Waals surface area contributed by atoms with Gasteiger partial charge in [0.25, 0.3) is 0 Å². The number of aryl methyl sites for hydroxylation is 4. The van der Waals surface area contributed by atoms with Gasteiger partial charge in [0.2, 0.25) is 0 Å². The van der Waals surface area contributed by atoms with Crippen LogP contribution in [0.15, 0.2) is 96.6 Å². The average molecular weight is 601 g/mol. The van der Waals surface area contributed by atoms with Crippen LogP contribution in [0.25, 0.3) is 16.7 Å². The van der Waals surface area contributed by atoms with Crippen LogP contribution in [0.3, 0.4) is 0 Å². The molecule has 0 bridgehead atoms. The molecule has 0 heterocycles. The summed E-state index contributed by atoms with van der Waals surface area (Å²) in [5.74, 6) is 5.11. The second-order valence-corrected chi connectivity index (χ2v) is 16.0. The van der Waals surface area contributed by atoms with Gasteiger partial charge in [0, 0.05) is 0 Å². The maximum Gasteiger partial charge on any atom is -0.00926 e. The summed E-state index contributed by atoms with van der Waals surface area (Å²) >= 11 is 0. The third-order valence-corrected chi connectivity index (χ3v) is 13.9. The highest BCUT2D eigenvalue weighted by Gasteiger charge is 2.48. The number of allylic oxidation sites excluding steroid dienone is 8. The van der Waals surface area contributed by atoms with Crippen molar-refractivity contribution in [2.45, 2.75) is 83.5 Å². The summed E-state index contributed by atoms with van der Waals surface area (Å²) in [4.78, 5) is 0. The van der Waals surface area contributed by atoms with E-state index in [1.807, 2.05) is 5.57 Å². The van der Waals surface area contributed by atoms with Crippen LogP contribution in [0, 0.1) is 41.4 Å². The van der Waals surface area contributed by atoms with Gasteiger partial charge in [-0.05, 0) is 181 Å². The van der Waals surface area contributed by atoms with Crippen molar-refractivity contribution in [2.24, 2.45) is 41.4 Å². The number of hydrogen-bond donors (Lipinski definition) is 0. The van der Waals surface area contributed by atoms with Crippen molar-refractivity contribution in [1.29, 1.82) is 0 Å². The molecule has 0 amide bonds. The highest BCUT2D eigenvalue weighted by molar-refractivity contribution is 5.75. The molecule has 232 valence electrons. The average Bonchev–Trinajstić information content (AvgIpc) is 3.13. The summed E-state index contributed by atoms with van der Waals surface area (Å²) in [6.45, 7) is 0. The number of rotatable bonds is 2. The summed E-state index contributed by atoms with van der Waals surface area (Å²) in [7, 11) is 0. The van der Waals surface area contributed by atoms with Crippen molar-refractivity contribution in [3.8, 4) is 11.1 Å². The lowest BCUT2D eigenvalue weighted by molar-refractivity contribution is 0.125. The van der Waals surface area contributed by atoms with E-state index in [9.17, 15) is 0 Å². The lowest BCUT2D eigenvalue weighted by atomic mass is 9.52. The standard InChI is InChI=1S/C46H48/c1-2-9-32-25-33(15-13-29(32)7-1)35-19-23-42-43-24-20-36(28-46(43)39-12-6-5-11-38(39)45(42)27-35)34-16-14-31-18-21-40-37-10-4-3-8-30(37)17-22-41(40)44(31)26-34/h3-6,8,10-13,15,18,21,24-25,27,34,36,38-39,42,45-46H,1-2,7,9,14,16-17,19-20,22-23,26,28H2. The van der Waals surface area contributed by atoms with Gasteiger partial charge in [-0.15, -0.1) is 0 Å². The first-order valence-electron chi connectivity index (χ1n) is 18.9. The zero-order valence-corrected chi connectivity index (χ0v) is 27.4. The van der Waals surface area contributed by atoms with Crippen molar-refractivity contribution in [3.63, 3.8) is 0 Å². The van der Waals surface area contributed by atoms with Gasteiger partial charge in [0.05, 0.1) is 0 Å². The monoisotopic (exact) mass is 600 g/mol. The van der Waals surface area contributed by atoms with E-state index in [4.69, 9.17) is 0 Å². The summed E-state index contributed by atoms with van der Waals surface area (Å²) in [5, 5.41) is 0. The zero-order valence-electron chi connectivity index (χ0n) is 27.4. The SMILES string of the molecule is C1=CC2C3CC(C4CCc5ccc6c(c5C4)CCc4ccccc4-6)CC=C3C3CCC(c4ccc5c(c4)CCCC5)=CC3C2C=C1. The van der Waals surface area contributed by atoms with Gasteiger partial charge in [-0.2, -0.15) is 0 Å². The van der Waals surface area contributed by atoms with Crippen molar-refractivity contribution in [2.75, 3.05) is 0 Å². The molecular weight excluding hydrogens is 553 g/mol. The molecule has 1 fully saturated rings. The van der Waals surface area contributed by atoms with Gasteiger partial charge in [0.15, 0.2) is 0 Å². The van der Waals surface area contributed by atoms with Crippen LogP contribution in [0.2, 0.25) is 0 Å². The Labute approximate surface area is 276 Å². The molecule has 3 aromatic rings. The lowest BCUT2D eigenvalue weighted by Crippen LogP contribution is -2.44. The molecule has 0 aromatic heterocycles. The Morgan fingerprint density at radius 3 is 2.39 bits per heavy atom. The highest BCUT2D eigenvalue weighted by atomic mass is 14.5. The molecule has 7 aliphatic rings. The predicted octanol–water partition coefficient (Wildman–Crippen LogP) is 10.9. The molecule has 7 unspecified atom stereocenters. The summed E-state index contributed by atoms with van der Waals surface area (Å²) in [6, 6.07) is 21.6. The molecule has 46 heavy (non-hydrogen) atoms. The molecule has 1 saturated carbocycles. The van der Waals surface area contributed by atoms with E-state index < -0.39 is 0 Å². The fourth-order valence-electron chi connectivity index (χ4n) is 11.6. The first-order chi connectivity index (χ1) is 22.8. The van der Waals surface area contributed by atoms with Crippen molar-refractivity contribution in [3.05, 3.63) is 136 Å². The molecule has 0 N–H and O–H groups in total. The Morgan fingerprint density at radius 2 is 1.43 bits per heavy atom. The van der Waals surface area contributed by atoms with Gasteiger partial charge in [-0.3, -0.25) is 0 Å². The molecule has 7 aliphatic carbocycles. The van der Waals surface area contributed by atoms with E-state index in [-0.39, 0.29) is 0 Å². The Bertz CT molecular complexity index is 1820. The van der Waals surface area contributed by atoms with Crippen molar-refractivity contribution >= 4 is 5.57 Å². The van der Waals surface area contributed by atoms with Gasteiger partial charge < -0.3 is 0 Å². The lowest BCUT2D eigenvalue weighted by Gasteiger charge is -2.52. The molecule has 0 saturated heterocycles. The number of fused-ring (bicyclic) bond motifs is 12. The second-order valence-electron chi connectivity index (χ2n) is 16.0. The zero-order chi connectivity index (χ0) is 30.2. The topological polar surface area (TPSA) is 0 Å². The third-order valence-electron chi connectivity index (χ3n) is 13.9. The normalized spacial score (nSPS) is 32.0. The minimum Gasteiger partial charge on any atom is -0.0844 e.